The third-order valence-electron chi connectivity index (χ3n) is 1.57. The van der Waals surface area contributed by atoms with Gasteiger partial charge in [-0.25, -0.2) is 4.79 Å². The molecule has 1 aromatic carbocycles. The fraction of sp³-hybridized carbons (Fsp3) is 0.200. The number of benzene rings is 1. The number of hydrogen-bond acceptors (Lipinski definition) is 4. The molecule has 15 heavy (non-hydrogen) atoms. The van der Waals surface area contributed by atoms with E-state index in [1.165, 1.54) is 0 Å². The average molecular weight is 225 g/mol. The first-order valence-corrected chi connectivity index (χ1v) is 5.33. The van der Waals surface area contributed by atoms with Crippen LogP contribution >= 0.6 is 11.8 Å². The fourth-order valence-corrected chi connectivity index (χ4v) is 1.59. The van der Waals surface area contributed by atoms with E-state index in [-0.39, 0.29) is 11.7 Å². The van der Waals surface area contributed by atoms with Crippen LogP contribution in [0.15, 0.2) is 30.3 Å². The van der Waals surface area contributed by atoms with Crippen LogP contribution in [-0.2, 0) is 4.74 Å². The number of nitrogens with two attached hydrogens (primary N) is 1. The quantitative estimate of drug-likeness (QED) is 0.791. The molecule has 1 aromatic rings. The number of ether oxygens (including phenoxy) is 1. The molecule has 0 saturated carbocycles. The number of carbonyl (C=O) groups is 2. The van der Waals surface area contributed by atoms with Crippen LogP contribution in [0.1, 0.15) is 10.4 Å². The van der Waals surface area contributed by atoms with Gasteiger partial charge in [0.1, 0.15) is 6.61 Å². The van der Waals surface area contributed by atoms with E-state index in [1.807, 2.05) is 6.07 Å². The first kappa shape index (κ1) is 11.6. The lowest BCUT2D eigenvalue weighted by atomic mass is 10.2. The molecule has 5 heteroatoms. The van der Waals surface area contributed by atoms with Gasteiger partial charge in [0.05, 0.1) is 0 Å². The number of rotatable bonds is 4. The van der Waals surface area contributed by atoms with Gasteiger partial charge in [-0.1, -0.05) is 42.1 Å². The summed E-state index contributed by atoms with van der Waals surface area (Å²) in [5, 5.41) is -0.0383. The Morgan fingerprint density at radius 1 is 1.27 bits per heavy atom. The molecule has 0 fully saturated rings. The Balaban J connectivity index is 2.28. The third kappa shape index (κ3) is 4.51. The summed E-state index contributed by atoms with van der Waals surface area (Å²) in [5.41, 5.74) is 5.41. The molecule has 0 aliphatic heterocycles. The zero-order chi connectivity index (χ0) is 11.1. The highest BCUT2D eigenvalue weighted by atomic mass is 32.2. The van der Waals surface area contributed by atoms with E-state index in [1.54, 1.807) is 24.3 Å². The van der Waals surface area contributed by atoms with Crippen molar-refractivity contribution >= 4 is 23.0 Å². The monoisotopic (exact) mass is 225 g/mol. The maximum atomic E-state index is 11.5. The van der Waals surface area contributed by atoms with Gasteiger partial charge in [-0.2, -0.15) is 0 Å². The average Bonchev–Trinajstić information content (AvgIpc) is 2.25. The molecule has 0 atom stereocenters. The smallest absolute Gasteiger partial charge is 0.404 e. The first-order chi connectivity index (χ1) is 7.20. The van der Waals surface area contributed by atoms with Crippen molar-refractivity contribution in [2.24, 2.45) is 5.73 Å². The largest absolute Gasteiger partial charge is 0.449 e. The third-order valence-corrected chi connectivity index (χ3v) is 2.44. The van der Waals surface area contributed by atoms with Crippen molar-refractivity contribution in [3.63, 3.8) is 0 Å². The number of hydrogen-bond donors (Lipinski definition) is 1. The van der Waals surface area contributed by atoms with Gasteiger partial charge in [-0.05, 0) is 0 Å². The molecule has 4 nitrogen and oxygen atoms in total. The first-order valence-electron chi connectivity index (χ1n) is 4.34. The Hall–Kier alpha value is -1.49. The van der Waals surface area contributed by atoms with Crippen molar-refractivity contribution in [1.82, 2.24) is 0 Å². The summed E-state index contributed by atoms with van der Waals surface area (Å²) >= 11 is 1.10. The lowest BCUT2D eigenvalue weighted by Crippen LogP contribution is -2.15. The van der Waals surface area contributed by atoms with Gasteiger partial charge in [0.25, 0.3) is 0 Å². The van der Waals surface area contributed by atoms with Crippen LogP contribution in [0.25, 0.3) is 0 Å². The summed E-state index contributed by atoms with van der Waals surface area (Å²) < 4.78 is 4.49. The molecular formula is C10H11NO3S. The Bertz CT molecular complexity index is 340. The highest BCUT2D eigenvalue weighted by molar-refractivity contribution is 8.14. The standard InChI is InChI=1S/C10H11NO3S/c11-10(13)14-6-7-15-9(12)8-4-2-1-3-5-8/h1-5H,6-7H2,(H2,11,13). The second kappa shape index (κ2) is 6.08. The highest BCUT2D eigenvalue weighted by Gasteiger charge is 2.05. The molecule has 2 N–H and O–H groups in total. The van der Waals surface area contributed by atoms with E-state index < -0.39 is 6.09 Å². The summed E-state index contributed by atoms with van der Waals surface area (Å²) in [6, 6.07) is 8.92. The van der Waals surface area contributed by atoms with Crippen LogP contribution in [0, 0.1) is 0 Å². The van der Waals surface area contributed by atoms with Crippen molar-refractivity contribution < 1.29 is 14.3 Å². The Labute approximate surface area is 91.8 Å². The number of carbonyl (C=O) groups excluding carboxylic acids is 2. The SMILES string of the molecule is NC(=O)OCCSC(=O)c1ccccc1. The molecule has 0 radical (unpaired) electrons. The topological polar surface area (TPSA) is 69.4 Å². The van der Waals surface area contributed by atoms with E-state index in [0.717, 1.165) is 11.8 Å². The van der Waals surface area contributed by atoms with E-state index in [2.05, 4.69) is 4.74 Å². The number of amides is 1. The zero-order valence-corrected chi connectivity index (χ0v) is 8.83. The van der Waals surface area contributed by atoms with Crippen molar-refractivity contribution in [3.8, 4) is 0 Å². The molecule has 0 heterocycles. The Morgan fingerprint density at radius 3 is 2.53 bits per heavy atom. The number of thioether (sulfide) groups is 1. The maximum absolute atomic E-state index is 11.5. The van der Waals surface area contributed by atoms with Crippen LogP contribution in [0.5, 0.6) is 0 Å². The molecule has 1 amide bonds. The molecular weight excluding hydrogens is 214 g/mol. The predicted octanol–water partition coefficient (Wildman–Crippen LogP) is 1.66. The molecule has 0 bridgehead atoms. The van der Waals surface area contributed by atoms with Crippen LogP contribution in [0.3, 0.4) is 0 Å². The minimum absolute atomic E-state index is 0.0383. The maximum Gasteiger partial charge on any atom is 0.404 e. The lowest BCUT2D eigenvalue weighted by Gasteiger charge is -2.01. The minimum atomic E-state index is -0.817. The van der Waals surface area contributed by atoms with Gasteiger partial charge in [-0.3, -0.25) is 4.79 Å². The molecule has 0 saturated heterocycles. The van der Waals surface area contributed by atoms with Crippen molar-refractivity contribution in [1.29, 1.82) is 0 Å². The second-order valence-electron chi connectivity index (χ2n) is 2.67. The van der Waals surface area contributed by atoms with Crippen LogP contribution < -0.4 is 5.73 Å². The summed E-state index contributed by atoms with van der Waals surface area (Å²) in [4.78, 5) is 21.7. The van der Waals surface area contributed by atoms with Gasteiger partial charge < -0.3 is 10.5 Å². The molecule has 1 rings (SSSR count). The van der Waals surface area contributed by atoms with Crippen LogP contribution in [-0.4, -0.2) is 23.6 Å². The minimum Gasteiger partial charge on any atom is -0.449 e. The zero-order valence-electron chi connectivity index (χ0n) is 8.01. The van der Waals surface area contributed by atoms with E-state index in [9.17, 15) is 9.59 Å². The summed E-state index contributed by atoms with van der Waals surface area (Å²) in [7, 11) is 0. The number of primary amides is 1. The summed E-state index contributed by atoms with van der Waals surface area (Å²) in [6.45, 7) is 0.151. The lowest BCUT2D eigenvalue weighted by molar-refractivity contribution is 0.108. The van der Waals surface area contributed by atoms with Gasteiger partial charge in [0.15, 0.2) is 0 Å². The van der Waals surface area contributed by atoms with Gasteiger partial charge in [-0.15, -0.1) is 0 Å². The summed E-state index contributed by atoms with van der Waals surface area (Å²) in [6.07, 6.45) is -0.817. The van der Waals surface area contributed by atoms with Crippen molar-refractivity contribution in [3.05, 3.63) is 35.9 Å². The molecule has 0 aliphatic carbocycles. The Kier molecular flexibility index (Phi) is 4.70. The summed E-state index contributed by atoms with van der Waals surface area (Å²) in [5.74, 6) is 0.413. The van der Waals surface area contributed by atoms with Crippen molar-refractivity contribution in [2.45, 2.75) is 0 Å². The molecule has 80 valence electrons. The molecule has 0 spiro atoms. The van der Waals surface area contributed by atoms with Crippen LogP contribution in [0.4, 0.5) is 4.79 Å². The normalized spacial score (nSPS) is 9.60. The highest BCUT2D eigenvalue weighted by Crippen LogP contribution is 2.11. The van der Waals surface area contributed by atoms with Gasteiger partial charge in [0, 0.05) is 11.3 Å². The van der Waals surface area contributed by atoms with E-state index in [4.69, 9.17) is 5.73 Å². The van der Waals surface area contributed by atoms with Crippen LogP contribution in [0.2, 0.25) is 0 Å². The second-order valence-corrected chi connectivity index (χ2v) is 3.74. The molecule has 0 aliphatic rings. The molecule has 0 aromatic heterocycles. The van der Waals surface area contributed by atoms with E-state index in [0.29, 0.717) is 11.3 Å². The van der Waals surface area contributed by atoms with E-state index >= 15 is 0 Å². The fourth-order valence-electron chi connectivity index (χ4n) is 0.934. The van der Waals surface area contributed by atoms with Crippen molar-refractivity contribution in [2.75, 3.05) is 12.4 Å². The molecule has 0 unspecified atom stereocenters. The predicted molar refractivity (Wildman–Crippen MR) is 58.8 cm³/mol. The van der Waals surface area contributed by atoms with Gasteiger partial charge >= 0.3 is 6.09 Å². The Morgan fingerprint density at radius 2 is 1.93 bits per heavy atom. The van der Waals surface area contributed by atoms with Gasteiger partial charge in [0.2, 0.25) is 5.12 Å².